The summed E-state index contributed by atoms with van der Waals surface area (Å²) in [5, 5.41) is 8.73. The number of nitrogens with two attached hydrogens (primary N) is 2. The molecule has 0 saturated heterocycles. The number of likely N-dealkylation sites (N-methyl/N-ethyl adjacent to an activating group) is 2. The van der Waals surface area contributed by atoms with Crippen molar-refractivity contribution < 1.29 is 18.0 Å². The summed E-state index contributed by atoms with van der Waals surface area (Å²) in [5.41, 5.74) is 11.9. The van der Waals surface area contributed by atoms with Crippen molar-refractivity contribution in [3.05, 3.63) is 35.9 Å². The lowest BCUT2D eigenvalue weighted by Crippen LogP contribution is -2.53. The van der Waals surface area contributed by atoms with E-state index in [0.717, 1.165) is 25.7 Å². The summed E-state index contributed by atoms with van der Waals surface area (Å²) in [7, 11) is -2.36. The van der Waals surface area contributed by atoms with Crippen molar-refractivity contribution in [1.82, 2.24) is 20.3 Å². The molecule has 2 atom stereocenters. The molecule has 0 bridgehead atoms. The maximum absolute atomic E-state index is 13.3. The largest absolute Gasteiger partial charge is 0.358 e. The fraction of sp³-hybridized carbons (Fsp3) is 0.667. The summed E-state index contributed by atoms with van der Waals surface area (Å²) in [6.07, 6.45) is 4.31. The molecule has 200 valence electrons. The Morgan fingerprint density at radius 1 is 1.00 bits per heavy atom. The topological polar surface area (TPSA) is 160 Å². The Labute approximate surface area is 210 Å². The number of carbonyl (C=O) groups excluding carboxylic acids is 2. The molecule has 1 rings (SSSR count). The van der Waals surface area contributed by atoms with Crippen molar-refractivity contribution in [3.63, 3.8) is 0 Å². The summed E-state index contributed by atoms with van der Waals surface area (Å²) < 4.78 is 27.8. The molecule has 2 unspecified atom stereocenters. The molecule has 35 heavy (non-hydrogen) atoms. The molecule has 2 amide bonds. The molecule has 0 aliphatic heterocycles. The number of sulfonamides is 1. The van der Waals surface area contributed by atoms with E-state index in [1.54, 1.807) is 24.3 Å². The first-order valence-electron chi connectivity index (χ1n) is 12.4. The second-order valence-electron chi connectivity index (χ2n) is 8.59. The van der Waals surface area contributed by atoms with Gasteiger partial charge in [-0.2, -0.15) is 4.31 Å². The number of unbranched alkanes of at least 4 members (excludes halogenated alkanes) is 2. The predicted molar refractivity (Wildman–Crippen MR) is 140 cm³/mol. The highest BCUT2D eigenvalue weighted by Gasteiger charge is 2.29. The van der Waals surface area contributed by atoms with Gasteiger partial charge in [0.15, 0.2) is 0 Å². The molecule has 0 radical (unpaired) electrons. The van der Waals surface area contributed by atoms with Gasteiger partial charge in [-0.25, -0.2) is 8.42 Å². The maximum Gasteiger partial charge on any atom is 0.237 e. The summed E-state index contributed by atoms with van der Waals surface area (Å²) in [5.74, 6) is -0.823. The number of benzene rings is 1. The van der Waals surface area contributed by atoms with Crippen molar-refractivity contribution in [3.8, 4) is 0 Å². The molecule has 1 aromatic carbocycles. The Balaban J connectivity index is 3.08. The lowest BCUT2D eigenvalue weighted by Gasteiger charge is -2.29. The fourth-order valence-corrected chi connectivity index (χ4v) is 5.27. The Morgan fingerprint density at radius 2 is 1.63 bits per heavy atom. The van der Waals surface area contributed by atoms with Crippen LogP contribution in [-0.2, 0) is 25.4 Å². The van der Waals surface area contributed by atoms with Crippen LogP contribution < -0.4 is 27.4 Å². The minimum atomic E-state index is -3.82. The summed E-state index contributed by atoms with van der Waals surface area (Å²) in [4.78, 5) is 25.3. The SMILES string of the molecule is CCNC(CCCCN)C(=O)NC(CCCCN)CN(CC(=O)NC)S(=O)(=O)Cc1ccccc1. The van der Waals surface area contributed by atoms with Crippen LogP contribution in [-0.4, -0.2) is 76.4 Å². The van der Waals surface area contributed by atoms with Gasteiger partial charge in [-0.1, -0.05) is 50.1 Å². The van der Waals surface area contributed by atoms with Crippen molar-refractivity contribution >= 4 is 21.8 Å². The smallest absolute Gasteiger partial charge is 0.237 e. The molecule has 1 aromatic rings. The highest BCUT2D eigenvalue weighted by molar-refractivity contribution is 7.88. The summed E-state index contributed by atoms with van der Waals surface area (Å²) in [6.45, 7) is 3.32. The molecule has 7 N–H and O–H groups in total. The van der Waals surface area contributed by atoms with Crippen LogP contribution in [0, 0.1) is 0 Å². The van der Waals surface area contributed by atoms with Crippen LogP contribution in [0.3, 0.4) is 0 Å². The van der Waals surface area contributed by atoms with Crippen molar-refractivity contribution in [1.29, 1.82) is 0 Å². The van der Waals surface area contributed by atoms with Gasteiger partial charge in [0.05, 0.1) is 18.3 Å². The molecule has 0 spiro atoms. The van der Waals surface area contributed by atoms with Gasteiger partial charge in [0.1, 0.15) is 0 Å². The maximum atomic E-state index is 13.3. The summed E-state index contributed by atoms with van der Waals surface area (Å²) in [6, 6.07) is 7.98. The molecule has 10 nitrogen and oxygen atoms in total. The van der Waals surface area contributed by atoms with Crippen LogP contribution in [0.2, 0.25) is 0 Å². The number of hydrogen-bond donors (Lipinski definition) is 5. The van der Waals surface area contributed by atoms with Crippen LogP contribution in [0.1, 0.15) is 51.0 Å². The molecular weight excluding hydrogens is 468 g/mol. The van der Waals surface area contributed by atoms with Gasteiger partial charge in [0.2, 0.25) is 21.8 Å². The standard InChI is InChI=1S/C24H44N6O4S/c1-3-28-22(14-8-10-16-26)24(32)29-21(13-7-9-15-25)17-30(18-23(31)27-2)35(33,34)19-20-11-5-4-6-12-20/h4-6,11-12,21-22,28H,3,7-10,13-19,25-26H2,1-2H3,(H,27,31)(H,29,32). The van der Waals surface area contributed by atoms with Crippen LogP contribution in [0.4, 0.5) is 0 Å². The highest BCUT2D eigenvalue weighted by atomic mass is 32.2. The fourth-order valence-electron chi connectivity index (χ4n) is 3.75. The van der Waals surface area contributed by atoms with E-state index in [1.165, 1.54) is 11.4 Å². The minimum Gasteiger partial charge on any atom is -0.358 e. The van der Waals surface area contributed by atoms with Crippen LogP contribution in [0.15, 0.2) is 30.3 Å². The van der Waals surface area contributed by atoms with Crippen molar-refractivity contribution in [2.24, 2.45) is 11.5 Å². The van der Waals surface area contributed by atoms with E-state index < -0.39 is 28.0 Å². The average molecular weight is 513 g/mol. The highest BCUT2D eigenvalue weighted by Crippen LogP contribution is 2.14. The van der Waals surface area contributed by atoms with Crippen LogP contribution in [0.5, 0.6) is 0 Å². The number of amides is 2. The van der Waals surface area contributed by atoms with Gasteiger partial charge in [0.25, 0.3) is 0 Å². The second-order valence-corrected chi connectivity index (χ2v) is 10.6. The lowest BCUT2D eigenvalue weighted by atomic mass is 10.1. The number of carbonyl (C=O) groups is 2. The normalized spacial score (nSPS) is 13.4. The molecule has 0 aromatic heterocycles. The third-order valence-corrected chi connectivity index (χ3v) is 7.44. The van der Waals surface area contributed by atoms with E-state index in [-0.39, 0.29) is 24.7 Å². The van der Waals surface area contributed by atoms with E-state index in [1.807, 2.05) is 13.0 Å². The summed E-state index contributed by atoms with van der Waals surface area (Å²) >= 11 is 0. The zero-order chi connectivity index (χ0) is 26.1. The number of nitrogens with one attached hydrogen (secondary N) is 3. The first kappa shape index (κ1) is 31.0. The molecule has 0 aliphatic carbocycles. The van der Waals surface area contributed by atoms with Crippen molar-refractivity contribution in [2.75, 3.05) is 39.8 Å². The third kappa shape index (κ3) is 12.5. The number of rotatable bonds is 19. The Kier molecular flexibility index (Phi) is 15.4. The second kappa shape index (κ2) is 17.4. The van der Waals surface area contributed by atoms with Gasteiger partial charge in [-0.05, 0) is 50.9 Å². The van der Waals surface area contributed by atoms with Gasteiger partial charge in [-0.15, -0.1) is 0 Å². The van der Waals surface area contributed by atoms with E-state index in [0.29, 0.717) is 38.0 Å². The van der Waals surface area contributed by atoms with E-state index in [9.17, 15) is 18.0 Å². The lowest BCUT2D eigenvalue weighted by molar-refractivity contribution is -0.124. The first-order chi connectivity index (χ1) is 16.8. The van der Waals surface area contributed by atoms with Crippen molar-refractivity contribution in [2.45, 2.75) is 63.3 Å². The molecule has 0 heterocycles. The molecule has 0 fully saturated rings. The van der Waals surface area contributed by atoms with Gasteiger partial charge >= 0.3 is 0 Å². The van der Waals surface area contributed by atoms with Gasteiger partial charge in [0, 0.05) is 19.6 Å². The third-order valence-electron chi connectivity index (χ3n) is 5.68. The number of hydrogen-bond acceptors (Lipinski definition) is 7. The van der Waals surface area contributed by atoms with E-state index in [2.05, 4.69) is 16.0 Å². The Morgan fingerprint density at radius 3 is 2.20 bits per heavy atom. The monoisotopic (exact) mass is 512 g/mol. The average Bonchev–Trinajstić information content (AvgIpc) is 2.83. The Hall–Kier alpha value is -2.05. The van der Waals surface area contributed by atoms with Crippen LogP contribution in [0.25, 0.3) is 0 Å². The van der Waals surface area contributed by atoms with E-state index in [4.69, 9.17) is 11.5 Å². The predicted octanol–water partition coefficient (Wildman–Crippen LogP) is 0.285. The zero-order valence-electron chi connectivity index (χ0n) is 21.2. The Bertz CT molecular complexity index is 838. The van der Waals surface area contributed by atoms with E-state index >= 15 is 0 Å². The molecule has 11 heteroatoms. The molecule has 0 saturated carbocycles. The van der Waals surface area contributed by atoms with Gasteiger partial charge < -0.3 is 27.4 Å². The minimum absolute atomic E-state index is 0.000539. The van der Waals surface area contributed by atoms with Gasteiger partial charge in [-0.3, -0.25) is 9.59 Å². The molecule has 0 aliphatic rings. The zero-order valence-corrected chi connectivity index (χ0v) is 22.0. The van der Waals surface area contributed by atoms with Crippen LogP contribution >= 0.6 is 0 Å². The number of nitrogens with zero attached hydrogens (tertiary/aromatic N) is 1. The first-order valence-corrected chi connectivity index (χ1v) is 14.0. The molecular formula is C24H44N6O4S. The quantitative estimate of drug-likeness (QED) is 0.167.